The highest BCUT2D eigenvalue weighted by Gasteiger charge is 2.36. The molecule has 0 radical (unpaired) electrons. The Bertz CT molecular complexity index is 1060. The Morgan fingerprint density at radius 1 is 0.906 bits per heavy atom. The Labute approximate surface area is 192 Å². The van der Waals surface area contributed by atoms with Crippen LogP contribution in [0.15, 0.2) is 54.6 Å². The minimum Gasteiger partial charge on any atom is -0.333 e. The fourth-order valence-corrected chi connectivity index (χ4v) is 5.89. The van der Waals surface area contributed by atoms with E-state index in [9.17, 15) is 9.59 Å². The van der Waals surface area contributed by atoms with Crippen molar-refractivity contribution in [3.8, 4) is 0 Å². The van der Waals surface area contributed by atoms with Crippen molar-refractivity contribution in [1.82, 2.24) is 14.8 Å². The van der Waals surface area contributed by atoms with Crippen LogP contribution in [0.25, 0.3) is 10.2 Å². The predicted molar refractivity (Wildman–Crippen MR) is 128 cm³/mol. The lowest BCUT2D eigenvalue weighted by Gasteiger charge is -2.39. The van der Waals surface area contributed by atoms with Crippen molar-refractivity contribution in [3.63, 3.8) is 0 Å². The quantitative estimate of drug-likeness (QED) is 0.592. The molecular weight excluding hydrogens is 420 g/mol. The van der Waals surface area contributed by atoms with Crippen LogP contribution in [0.3, 0.4) is 0 Å². The molecule has 2 saturated heterocycles. The zero-order valence-corrected chi connectivity index (χ0v) is 18.9. The van der Waals surface area contributed by atoms with Crippen molar-refractivity contribution in [3.05, 3.63) is 59.6 Å². The number of hydrogen-bond acceptors (Lipinski definition) is 4. The van der Waals surface area contributed by atoms with E-state index in [2.05, 4.69) is 16.3 Å². The highest BCUT2D eigenvalue weighted by atomic mass is 32.1. The van der Waals surface area contributed by atoms with E-state index in [1.807, 2.05) is 53.4 Å². The minimum absolute atomic E-state index is 0.0225. The average molecular weight is 449 g/mol. The minimum atomic E-state index is -0.0903. The highest BCUT2D eigenvalue weighted by molar-refractivity contribution is 7.18. The molecule has 3 aromatic rings. The summed E-state index contributed by atoms with van der Waals surface area (Å²) in [6.45, 7) is 2.01. The monoisotopic (exact) mass is 448 g/mol. The fourth-order valence-electron chi connectivity index (χ4n) is 4.77. The molecule has 2 aliphatic rings. The number of benzene rings is 2. The highest BCUT2D eigenvalue weighted by Crippen LogP contribution is 2.37. The van der Waals surface area contributed by atoms with Gasteiger partial charge in [-0.15, -0.1) is 11.3 Å². The van der Waals surface area contributed by atoms with Crippen molar-refractivity contribution in [1.29, 1.82) is 0 Å². The molecule has 2 aliphatic heterocycles. The molecular formula is C25H28N4O2S. The van der Waals surface area contributed by atoms with Gasteiger partial charge in [-0.05, 0) is 56.4 Å². The van der Waals surface area contributed by atoms with Crippen molar-refractivity contribution >= 4 is 39.2 Å². The van der Waals surface area contributed by atoms with Gasteiger partial charge in [0.15, 0.2) is 0 Å². The molecule has 0 spiro atoms. The fraction of sp³-hybridized carbons (Fsp3) is 0.400. The zero-order valence-electron chi connectivity index (χ0n) is 18.1. The molecule has 5 rings (SSSR count). The summed E-state index contributed by atoms with van der Waals surface area (Å²) in [4.78, 5) is 34.8. The number of anilines is 1. The van der Waals surface area contributed by atoms with Crippen molar-refractivity contribution in [2.45, 2.75) is 38.1 Å². The summed E-state index contributed by atoms with van der Waals surface area (Å²) in [5.74, 6) is 0.211. The number of para-hydroxylation sites is 2. The lowest BCUT2D eigenvalue weighted by Crippen LogP contribution is -2.47. The lowest BCUT2D eigenvalue weighted by atomic mass is 9.92. The van der Waals surface area contributed by atoms with Crippen LogP contribution in [0, 0.1) is 5.92 Å². The summed E-state index contributed by atoms with van der Waals surface area (Å²) >= 11 is 1.71. The molecule has 3 amide bonds. The number of nitrogens with one attached hydrogen (secondary N) is 1. The van der Waals surface area contributed by atoms with Crippen molar-refractivity contribution in [2.75, 3.05) is 25.0 Å². The van der Waals surface area contributed by atoms with Crippen LogP contribution in [0.1, 0.15) is 43.2 Å². The third-order valence-corrected chi connectivity index (χ3v) is 7.68. The molecule has 0 unspecified atom stereocenters. The number of rotatable bonds is 3. The van der Waals surface area contributed by atoms with E-state index >= 15 is 0 Å². The Morgan fingerprint density at radius 2 is 1.66 bits per heavy atom. The van der Waals surface area contributed by atoms with E-state index in [0.717, 1.165) is 42.0 Å². The van der Waals surface area contributed by atoms with Crippen LogP contribution in [0.4, 0.5) is 10.5 Å². The maximum absolute atomic E-state index is 13.5. The molecule has 2 fully saturated rings. The molecule has 7 heteroatoms. The molecule has 0 aliphatic carbocycles. The van der Waals surface area contributed by atoms with Gasteiger partial charge in [0.05, 0.1) is 16.3 Å². The number of nitrogens with zero attached hydrogens (tertiary/aromatic N) is 3. The van der Waals surface area contributed by atoms with Gasteiger partial charge in [0, 0.05) is 31.2 Å². The van der Waals surface area contributed by atoms with Gasteiger partial charge in [-0.3, -0.25) is 4.79 Å². The predicted octanol–water partition coefficient (Wildman–Crippen LogP) is 5.29. The van der Waals surface area contributed by atoms with E-state index in [1.165, 1.54) is 4.70 Å². The molecule has 2 aromatic carbocycles. The zero-order chi connectivity index (χ0) is 21.9. The molecule has 32 heavy (non-hydrogen) atoms. The summed E-state index contributed by atoms with van der Waals surface area (Å²) in [6.07, 6.45) is 4.58. The molecule has 166 valence electrons. The van der Waals surface area contributed by atoms with Gasteiger partial charge >= 0.3 is 6.03 Å². The largest absolute Gasteiger partial charge is 0.333 e. The number of piperidine rings is 2. The van der Waals surface area contributed by atoms with Crippen LogP contribution in [0.5, 0.6) is 0 Å². The second-order valence-electron chi connectivity index (χ2n) is 8.62. The van der Waals surface area contributed by atoms with E-state index in [-0.39, 0.29) is 23.9 Å². The molecule has 6 nitrogen and oxygen atoms in total. The van der Waals surface area contributed by atoms with Crippen LogP contribution in [-0.2, 0) is 4.79 Å². The normalized spacial score (nSPS) is 19.8. The summed E-state index contributed by atoms with van der Waals surface area (Å²) in [5.41, 5.74) is 1.81. The number of fused-ring (bicyclic) bond motifs is 1. The van der Waals surface area contributed by atoms with Crippen LogP contribution in [0.2, 0.25) is 0 Å². The third-order valence-electron chi connectivity index (χ3n) is 6.54. The molecule has 0 saturated carbocycles. The number of hydrogen-bond donors (Lipinski definition) is 1. The van der Waals surface area contributed by atoms with Gasteiger partial charge in [-0.2, -0.15) is 0 Å². The molecule has 1 atom stereocenters. The third kappa shape index (κ3) is 4.35. The first-order valence-corrected chi connectivity index (χ1v) is 12.3. The van der Waals surface area contributed by atoms with Gasteiger partial charge in [0.1, 0.15) is 5.01 Å². The first kappa shape index (κ1) is 20.9. The summed E-state index contributed by atoms with van der Waals surface area (Å²) in [6, 6.07) is 17.7. The SMILES string of the molecule is O=C(Nc1ccccc1)N1CCC(C(=O)N2CCCC[C@H]2c2nc3ccccc3s2)CC1. The van der Waals surface area contributed by atoms with Gasteiger partial charge in [0.25, 0.3) is 0 Å². The Hall–Kier alpha value is -2.93. The summed E-state index contributed by atoms with van der Waals surface area (Å²) < 4.78 is 1.18. The number of carbonyl (C=O) groups is 2. The number of aromatic nitrogens is 1. The van der Waals surface area contributed by atoms with Crippen molar-refractivity contribution in [2.24, 2.45) is 5.92 Å². The molecule has 0 bridgehead atoms. The average Bonchev–Trinajstić information content (AvgIpc) is 3.28. The van der Waals surface area contributed by atoms with E-state index < -0.39 is 0 Å². The van der Waals surface area contributed by atoms with E-state index in [1.54, 1.807) is 11.3 Å². The van der Waals surface area contributed by atoms with Crippen molar-refractivity contribution < 1.29 is 9.59 Å². The summed E-state index contributed by atoms with van der Waals surface area (Å²) in [5, 5.41) is 4.00. The first-order chi connectivity index (χ1) is 15.7. The van der Waals surface area contributed by atoms with Crippen LogP contribution < -0.4 is 5.32 Å². The topological polar surface area (TPSA) is 65.5 Å². The second-order valence-corrected chi connectivity index (χ2v) is 9.68. The number of thiazole rings is 1. The number of likely N-dealkylation sites (tertiary alicyclic amines) is 2. The van der Waals surface area contributed by atoms with E-state index in [4.69, 9.17) is 4.98 Å². The van der Waals surface area contributed by atoms with Gasteiger partial charge in [-0.25, -0.2) is 9.78 Å². The maximum Gasteiger partial charge on any atom is 0.321 e. The first-order valence-electron chi connectivity index (χ1n) is 11.5. The van der Waals surface area contributed by atoms with Gasteiger partial charge in [-0.1, -0.05) is 30.3 Å². The van der Waals surface area contributed by atoms with Gasteiger partial charge < -0.3 is 15.1 Å². The summed E-state index contributed by atoms with van der Waals surface area (Å²) in [7, 11) is 0. The number of urea groups is 1. The Morgan fingerprint density at radius 3 is 2.44 bits per heavy atom. The van der Waals surface area contributed by atoms with Crippen LogP contribution >= 0.6 is 11.3 Å². The molecule has 3 heterocycles. The van der Waals surface area contributed by atoms with E-state index in [0.29, 0.717) is 25.9 Å². The Kier molecular flexibility index (Phi) is 6.08. The maximum atomic E-state index is 13.5. The smallest absolute Gasteiger partial charge is 0.321 e. The second kappa shape index (κ2) is 9.28. The molecule has 1 aromatic heterocycles. The van der Waals surface area contributed by atoms with Crippen LogP contribution in [-0.4, -0.2) is 46.4 Å². The number of carbonyl (C=O) groups excluding carboxylic acids is 2. The lowest BCUT2D eigenvalue weighted by molar-refractivity contribution is -0.140. The number of amides is 3. The Balaban J connectivity index is 1.23. The molecule has 1 N–H and O–H groups in total. The van der Waals surface area contributed by atoms with Gasteiger partial charge in [0.2, 0.25) is 5.91 Å². The standard InChI is InChI=1S/C25H28N4O2S/c30-24(18-13-16-28(17-14-18)25(31)26-19-8-2-1-3-9-19)29-15-7-6-11-21(29)23-27-20-10-4-5-12-22(20)32-23/h1-5,8-10,12,18,21H,6-7,11,13-17H2,(H,26,31)/t21-/m0/s1.